The lowest BCUT2D eigenvalue weighted by atomic mass is 9.87. The van der Waals surface area contributed by atoms with Gasteiger partial charge in [-0.25, -0.2) is 4.72 Å². The summed E-state index contributed by atoms with van der Waals surface area (Å²) < 4.78 is 32.4. The van der Waals surface area contributed by atoms with Crippen molar-refractivity contribution in [2.45, 2.75) is 78.1 Å². The molecule has 0 bridgehead atoms. The summed E-state index contributed by atoms with van der Waals surface area (Å²) in [6, 6.07) is 5.64. The summed E-state index contributed by atoms with van der Waals surface area (Å²) in [5, 5.41) is 0. The van der Waals surface area contributed by atoms with Gasteiger partial charge in [0.2, 0.25) is 5.91 Å². The van der Waals surface area contributed by atoms with Gasteiger partial charge >= 0.3 is 10.3 Å². The lowest BCUT2D eigenvalue weighted by Gasteiger charge is -2.21. The third-order valence-corrected chi connectivity index (χ3v) is 5.81. The predicted molar refractivity (Wildman–Crippen MR) is 104 cm³/mol. The smallest absolute Gasteiger partial charge is 0.366 e. The van der Waals surface area contributed by atoms with Crippen molar-refractivity contribution >= 4 is 16.2 Å². The van der Waals surface area contributed by atoms with Crippen LogP contribution in [0.4, 0.5) is 0 Å². The molecule has 1 aliphatic rings. The van der Waals surface area contributed by atoms with Crippen LogP contribution in [0.15, 0.2) is 18.2 Å². The number of carbonyl (C=O) groups is 1. The lowest BCUT2D eigenvalue weighted by Crippen LogP contribution is -2.35. The number of hydrogen-bond acceptors (Lipinski definition) is 4. The van der Waals surface area contributed by atoms with Crippen LogP contribution < -0.4 is 8.91 Å². The van der Waals surface area contributed by atoms with Crippen molar-refractivity contribution in [1.29, 1.82) is 0 Å². The molecule has 1 amide bonds. The van der Waals surface area contributed by atoms with Gasteiger partial charge in [0.05, 0.1) is 0 Å². The third-order valence-electron chi connectivity index (χ3n) is 4.95. The van der Waals surface area contributed by atoms with E-state index in [9.17, 15) is 13.2 Å². The Morgan fingerprint density at radius 3 is 2.12 bits per heavy atom. The molecule has 1 saturated carbocycles. The van der Waals surface area contributed by atoms with E-state index in [0.29, 0.717) is 5.75 Å². The third kappa shape index (κ3) is 5.73. The first-order chi connectivity index (χ1) is 12.2. The highest BCUT2D eigenvalue weighted by Gasteiger charge is 2.25. The largest absolute Gasteiger partial charge is 0.409 e. The van der Waals surface area contributed by atoms with Crippen molar-refractivity contribution in [1.82, 2.24) is 4.72 Å². The number of carbonyl (C=O) groups excluding carboxylic acids is 1. The van der Waals surface area contributed by atoms with E-state index in [4.69, 9.17) is 4.18 Å². The van der Waals surface area contributed by atoms with Crippen LogP contribution in [0.1, 0.15) is 89.2 Å². The number of para-hydroxylation sites is 1. The molecule has 0 saturated heterocycles. The van der Waals surface area contributed by atoms with Crippen molar-refractivity contribution in [3.8, 4) is 5.75 Å². The summed E-state index contributed by atoms with van der Waals surface area (Å²) in [6.07, 6.45) is 5.64. The number of benzene rings is 1. The standard InChI is InChI=1S/C20H31NO4S/c1-14(2)17-11-8-12-18(15(3)4)20(17)25-26(23,24)21-19(22)13-16-9-6-5-7-10-16/h8,11-12,14-16H,5-7,9-10,13H2,1-4H3,(H,21,22). The fourth-order valence-electron chi connectivity index (χ4n) is 3.54. The molecule has 6 heteroatoms. The Morgan fingerprint density at radius 1 is 1.08 bits per heavy atom. The van der Waals surface area contributed by atoms with E-state index < -0.39 is 16.2 Å². The van der Waals surface area contributed by atoms with Gasteiger partial charge in [0.25, 0.3) is 0 Å². The topological polar surface area (TPSA) is 72.5 Å². The highest BCUT2D eigenvalue weighted by atomic mass is 32.2. The minimum atomic E-state index is -4.20. The molecule has 0 aliphatic heterocycles. The van der Waals surface area contributed by atoms with E-state index in [1.165, 1.54) is 6.42 Å². The molecule has 0 heterocycles. The Morgan fingerprint density at radius 2 is 1.62 bits per heavy atom. The van der Waals surface area contributed by atoms with Crippen LogP contribution in [-0.2, 0) is 15.1 Å². The van der Waals surface area contributed by atoms with E-state index in [2.05, 4.69) is 4.72 Å². The van der Waals surface area contributed by atoms with E-state index in [-0.39, 0.29) is 24.2 Å². The summed E-state index contributed by atoms with van der Waals surface area (Å²) in [5.74, 6) is 0.349. The maximum atomic E-state index is 12.4. The zero-order valence-corrected chi connectivity index (χ0v) is 17.1. The molecule has 0 spiro atoms. The molecule has 0 atom stereocenters. The summed E-state index contributed by atoms with van der Waals surface area (Å²) in [6.45, 7) is 7.95. The minimum absolute atomic E-state index is 0.108. The number of hydrogen-bond donors (Lipinski definition) is 1. The fraction of sp³-hybridized carbons (Fsp3) is 0.650. The van der Waals surface area contributed by atoms with Gasteiger partial charge in [0, 0.05) is 6.42 Å². The molecule has 1 aliphatic carbocycles. The first-order valence-corrected chi connectivity index (χ1v) is 11.0. The normalized spacial score (nSPS) is 16.1. The second-order valence-corrected chi connectivity index (χ2v) is 9.12. The average molecular weight is 382 g/mol. The van der Waals surface area contributed by atoms with Crippen LogP contribution >= 0.6 is 0 Å². The molecule has 0 radical (unpaired) electrons. The van der Waals surface area contributed by atoms with E-state index >= 15 is 0 Å². The highest BCUT2D eigenvalue weighted by Crippen LogP contribution is 2.35. The summed E-state index contributed by atoms with van der Waals surface area (Å²) in [5.41, 5.74) is 1.64. The molecule has 1 N–H and O–H groups in total. The Kier molecular flexibility index (Phi) is 7.09. The molecule has 0 aromatic heterocycles. The quantitative estimate of drug-likeness (QED) is 0.746. The summed E-state index contributed by atoms with van der Waals surface area (Å²) in [4.78, 5) is 12.2. The molecule has 1 aromatic rings. The zero-order valence-electron chi connectivity index (χ0n) is 16.2. The van der Waals surface area contributed by atoms with Crippen LogP contribution in [-0.4, -0.2) is 14.3 Å². The van der Waals surface area contributed by atoms with Gasteiger partial charge in [0.15, 0.2) is 5.75 Å². The molecular weight excluding hydrogens is 350 g/mol. The van der Waals surface area contributed by atoms with Gasteiger partial charge in [-0.1, -0.05) is 65.2 Å². The molecular formula is C20H31NO4S. The lowest BCUT2D eigenvalue weighted by molar-refractivity contribution is -0.120. The molecule has 2 rings (SSSR count). The van der Waals surface area contributed by atoms with Gasteiger partial charge < -0.3 is 4.18 Å². The fourth-order valence-corrected chi connectivity index (χ4v) is 4.36. The second-order valence-electron chi connectivity index (χ2n) is 7.85. The molecule has 26 heavy (non-hydrogen) atoms. The number of nitrogens with one attached hydrogen (secondary N) is 1. The summed E-state index contributed by atoms with van der Waals surface area (Å²) in [7, 11) is -4.20. The number of amides is 1. The Labute approximate surface area is 157 Å². The van der Waals surface area contributed by atoms with Crippen LogP contribution in [0, 0.1) is 5.92 Å². The van der Waals surface area contributed by atoms with Crippen LogP contribution in [0.2, 0.25) is 0 Å². The second kappa shape index (κ2) is 8.89. The Bertz CT molecular complexity index is 693. The molecule has 146 valence electrons. The minimum Gasteiger partial charge on any atom is -0.366 e. The first-order valence-electron chi connectivity index (χ1n) is 9.57. The summed E-state index contributed by atoms with van der Waals surface area (Å²) >= 11 is 0. The van der Waals surface area contributed by atoms with Crippen LogP contribution in [0.25, 0.3) is 0 Å². The average Bonchev–Trinajstić information content (AvgIpc) is 2.54. The SMILES string of the molecule is CC(C)c1cccc(C(C)C)c1OS(=O)(=O)NC(=O)CC1CCCCC1. The monoisotopic (exact) mass is 381 g/mol. The van der Waals surface area contributed by atoms with Gasteiger partial charge in [-0.2, -0.15) is 8.42 Å². The van der Waals surface area contributed by atoms with Crippen molar-refractivity contribution in [3.63, 3.8) is 0 Å². The Hall–Kier alpha value is -1.56. The van der Waals surface area contributed by atoms with Gasteiger partial charge in [-0.3, -0.25) is 4.79 Å². The van der Waals surface area contributed by atoms with Crippen LogP contribution in [0.3, 0.4) is 0 Å². The van der Waals surface area contributed by atoms with Crippen molar-refractivity contribution in [2.24, 2.45) is 5.92 Å². The van der Waals surface area contributed by atoms with Gasteiger partial charge in [-0.05, 0) is 41.7 Å². The predicted octanol–water partition coefficient (Wildman–Crippen LogP) is 4.64. The molecule has 1 fully saturated rings. The Balaban J connectivity index is 2.14. The number of rotatable bonds is 7. The zero-order chi connectivity index (χ0) is 19.3. The molecule has 5 nitrogen and oxygen atoms in total. The molecule has 1 aromatic carbocycles. The maximum Gasteiger partial charge on any atom is 0.409 e. The van der Waals surface area contributed by atoms with E-state index in [0.717, 1.165) is 36.8 Å². The van der Waals surface area contributed by atoms with E-state index in [1.807, 2.05) is 45.9 Å². The van der Waals surface area contributed by atoms with Crippen molar-refractivity contribution in [2.75, 3.05) is 0 Å². The van der Waals surface area contributed by atoms with Crippen molar-refractivity contribution in [3.05, 3.63) is 29.3 Å². The van der Waals surface area contributed by atoms with Gasteiger partial charge in [0.1, 0.15) is 0 Å². The maximum absolute atomic E-state index is 12.4. The highest BCUT2D eigenvalue weighted by molar-refractivity contribution is 7.85. The van der Waals surface area contributed by atoms with Crippen LogP contribution in [0.5, 0.6) is 5.75 Å². The van der Waals surface area contributed by atoms with E-state index in [1.54, 1.807) is 0 Å². The first kappa shape index (κ1) is 20.7. The van der Waals surface area contributed by atoms with Gasteiger partial charge in [-0.15, -0.1) is 0 Å². The molecule has 0 unspecified atom stereocenters. The van der Waals surface area contributed by atoms with Crippen molar-refractivity contribution < 1.29 is 17.4 Å².